The number of carboxylic acid groups (broad SMARTS) is 1. The molecule has 3 rings (SSSR count). The van der Waals surface area contributed by atoms with E-state index in [1.807, 2.05) is 0 Å². The van der Waals surface area contributed by atoms with E-state index in [4.69, 9.17) is 5.73 Å². The highest BCUT2D eigenvalue weighted by Gasteiger charge is 2.19. The lowest BCUT2D eigenvalue weighted by molar-refractivity contribution is 0.0687. The number of pyridine rings is 1. The van der Waals surface area contributed by atoms with Crippen molar-refractivity contribution in [3.63, 3.8) is 0 Å². The summed E-state index contributed by atoms with van der Waals surface area (Å²) in [6, 6.07) is 3.31. The molecule has 3 heterocycles. The summed E-state index contributed by atoms with van der Waals surface area (Å²) >= 11 is 0. The standard InChI is InChI=1S/C11H10N6O2/c1-6-13-4-5-16(6)7-2-3-8-14-11(12)15-17(8)9(7)10(18)19/h2-5H,1H3,(H2,12,15)(H,18,19). The Morgan fingerprint density at radius 3 is 2.84 bits per heavy atom. The van der Waals surface area contributed by atoms with Crippen molar-refractivity contribution >= 4 is 17.6 Å². The molecule has 0 saturated carbocycles. The first-order valence-electron chi connectivity index (χ1n) is 5.47. The van der Waals surface area contributed by atoms with Gasteiger partial charge in [-0.2, -0.15) is 4.98 Å². The topological polar surface area (TPSA) is 111 Å². The lowest BCUT2D eigenvalue weighted by atomic mass is 10.3. The summed E-state index contributed by atoms with van der Waals surface area (Å²) in [5, 5.41) is 13.3. The zero-order valence-electron chi connectivity index (χ0n) is 9.98. The van der Waals surface area contributed by atoms with Crippen LogP contribution in [-0.4, -0.2) is 35.2 Å². The van der Waals surface area contributed by atoms with Crippen LogP contribution in [0.25, 0.3) is 11.3 Å². The van der Waals surface area contributed by atoms with Crippen molar-refractivity contribution in [2.45, 2.75) is 6.92 Å². The average molecular weight is 258 g/mol. The Hall–Kier alpha value is -2.90. The number of anilines is 1. The number of nitrogens with zero attached hydrogens (tertiary/aromatic N) is 5. The lowest BCUT2D eigenvalue weighted by Gasteiger charge is -2.09. The molecule has 3 N–H and O–H groups in total. The van der Waals surface area contributed by atoms with Crippen LogP contribution >= 0.6 is 0 Å². The maximum Gasteiger partial charge on any atom is 0.356 e. The van der Waals surface area contributed by atoms with Crippen molar-refractivity contribution in [3.05, 3.63) is 36.0 Å². The number of hydrogen-bond acceptors (Lipinski definition) is 5. The third-order valence-corrected chi connectivity index (χ3v) is 2.78. The van der Waals surface area contributed by atoms with E-state index in [1.54, 1.807) is 36.0 Å². The molecule has 3 aromatic rings. The van der Waals surface area contributed by atoms with Gasteiger partial charge >= 0.3 is 5.97 Å². The van der Waals surface area contributed by atoms with Crippen LogP contribution in [0.15, 0.2) is 24.5 Å². The minimum absolute atomic E-state index is 0.0113. The van der Waals surface area contributed by atoms with Crippen molar-refractivity contribution in [2.24, 2.45) is 0 Å². The van der Waals surface area contributed by atoms with Crippen molar-refractivity contribution in [1.29, 1.82) is 0 Å². The Kier molecular flexibility index (Phi) is 2.24. The maximum atomic E-state index is 11.5. The van der Waals surface area contributed by atoms with Gasteiger partial charge in [-0.1, -0.05) is 0 Å². The molecule has 0 radical (unpaired) electrons. The quantitative estimate of drug-likeness (QED) is 0.692. The normalized spacial score (nSPS) is 11.0. The number of aromatic carboxylic acids is 1. The summed E-state index contributed by atoms with van der Waals surface area (Å²) in [6.45, 7) is 1.78. The highest BCUT2D eigenvalue weighted by molar-refractivity contribution is 5.91. The van der Waals surface area contributed by atoms with Crippen LogP contribution in [0.2, 0.25) is 0 Å². The van der Waals surface area contributed by atoms with E-state index in [-0.39, 0.29) is 11.6 Å². The van der Waals surface area contributed by atoms with Gasteiger partial charge in [0.1, 0.15) is 5.82 Å². The minimum atomic E-state index is -1.11. The van der Waals surface area contributed by atoms with Crippen molar-refractivity contribution in [3.8, 4) is 5.69 Å². The van der Waals surface area contributed by atoms with Crippen LogP contribution in [-0.2, 0) is 0 Å². The van der Waals surface area contributed by atoms with Gasteiger partial charge in [-0.3, -0.25) is 0 Å². The smallest absolute Gasteiger partial charge is 0.356 e. The van der Waals surface area contributed by atoms with Gasteiger partial charge < -0.3 is 15.4 Å². The highest BCUT2D eigenvalue weighted by Crippen LogP contribution is 2.18. The SMILES string of the molecule is Cc1nccn1-c1ccc2nc(N)nn2c1C(=O)O. The number of nitrogens with two attached hydrogens (primary N) is 1. The van der Waals surface area contributed by atoms with E-state index in [9.17, 15) is 9.90 Å². The predicted octanol–water partition coefficient (Wildman–Crippen LogP) is 0.504. The molecule has 8 heteroatoms. The summed E-state index contributed by atoms with van der Waals surface area (Å²) in [6.07, 6.45) is 3.28. The largest absolute Gasteiger partial charge is 0.476 e. The van der Waals surface area contributed by atoms with Crippen molar-refractivity contribution < 1.29 is 9.90 Å². The fourth-order valence-electron chi connectivity index (χ4n) is 1.98. The van der Waals surface area contributed by atoms with E-state index in [2.05, 4.69) is 15.1 Å². The molecule has 3 aromatic heterocycles. The van der Waals surface area contributed by atoms with Gasteiger partial charge in [-0.15, -0.1) is 5.10 Å². The second-order valence-corrected chi connectivity index (χ2v) is 3.96. The number of imidazole rings is 1. The molecule has 0 atom stereocenters. The second kappa shape index (κ2) is 3.80. The van der Waals surface area contributed by atoms with Crippen LogP contribution in [0, 0.1) is 6.92 Å². The maximum absolute atomic E-state index is 11.5. The van der Waals surface area contributed by atoms with E-state index < -0.39 is 5.97 Å². The van der Waals surface area contributed by atoms with Crippen LogP contribution in [0.3, 0.4) is 0 Å². The number of nitrogen functional groups attached to an aromatic ring is 1. The molecule has 0 bridgehead atoms. The summed E-state index contributed by atoms with van der Waals surface area (Å²) < 4.78 is 2.88. The Labute approximate surface area is 107 Å². The van der Waals surface area contributed by atoms with Gasteiger partial charge in [0.05, 0.1) is 5.69 Å². The fraction of sp³-hybridized carbons (Fsp3) is 0.0909. The monoisotopic (exact) mass is 258 g/mol. The molecule has 96 valence electrons. The lowest BCUT2D eigenvalue weighted by Crippen LogP contribution is -2.13. The summed E-state index contributed by atoms with van der Waals surface area (Å²) in [5.41, 5.74) is 6.34. The Morgan fingerprint density at radius 1 is 1.42 bits per heavy atom. The highest BCUT2D eigenvalue weighted by atomic mass is 16.4. The summed E-state index contributed by atoms with van der Waals surface area (Å²) in [7, 11) is 0. The molecule has 0 amide bonds. The third-order valence-electron chi connectivity index (χ3n) is 2.78. The number of fused-ring (bicyclic) bond motifs is 1. The van der Waals surface area contributed by atoms with E-state index >= 15 is 0 Å². The second-order valence-electron chi connectivity index (χ2n) is 3.96. The van der Waals surface area contributed by atoms with E-state index in [0.29, 0.717) is 17.2 Å². The first kappa shape index (κ1) is 11.2. The zero-order valence-corrected chi connectivity index (χ0v) is 9.98. The minimum Gasteiger partial charge on any atom is -0.476 e. The first-order chi connectivity index (χ1) is 9.08. The molecule has 0 saturated heterocycles. The van der Waals surface area contributed by atoms with Crippen LogP contribution < -0.4 is 5.73 Å². The molecule has 0 aliphatic heterocycles. The molecule has 0 unspecified atom stereocenters. The Morgan fingerprint density at radius 2 is 2.21 bits per heavy atom. The molecule has 19 heavy (non-hydrogen) atoms. The Balaban J connectivity index is 2.39. The number of carbonyl (C=O) groups is 1. The van der Waals surface area contributed by atoms with Crippen LogP contribution in [0.5, 0.6) is 0 Å². The number of aryl methyl sites for hydroxylation is 1. The van der Waals surface area contributed by atoms with Crippen molar-refractivity contribution in [2.75, 3.05) is 5.73 Å². The van der Waals surface area contributed by atoms with Crippen LogP contribution in [0.1, 0.15) is 16.3 Å². The zero-order chi connectivity index (χ0) is 13.6. The van der Waals surface area contributed by atoms with Gasteiger partial charge in [0.25, 0.3) is 0 Å². The van der Waals surface area contributed by atoms with E-state index in [0.717, 1.165) is 0 Å². The number of aromatic nitrogens is 5. The van der Waals surface area contributed by atoms with Gasteiger partial charge in [-0.05, 0) is 19.1 Å². The fourth-order valence-corrected chi connectivity index (χ4v) is 1.98. The Bertz CT molecular complexity index is 788. The summed E-state index contributed by atoms with van der Waals surface area (Å²) in [4.78, 5) is 19.5. The van der Waals surface area contributed by atoms with Gasteiger partial charge in [0, 0.05) is 12.4 Å². The molecular formula is C11H10N6O2. The van der Waals surface area contributed by atoms with Gasteiger partial charge in [-0.25, -0.2) is 14.3 Å². The number of rotatable bonds is 2. The van der Waals surface area contributed by atoms with Crippen LogP contribution in [0.4, 0.5) is 5.95 Å². The number of hydrogen-bond donors (Lipinski definition) is 2. The first-order valence-corrected chi connectivity index (χ1v) is 5.47. The molecule has 0 aromatic carbocycles. The summed E-state index contributed by atoms with van der Waals surface area (Å²) in [5.74, 6) is -0.407. The predicted molar refractivity (Wildman–Crippen MR) is 66.2 cm³/mol. The molecule has 8 nitrogen and oxygen atoms in total. The molecular weight excluding hydrogens is 248 g/mol. The van der Waals surface area contributed by atoms with Gasteiger partial charge in [0.2, 0.25) is 5.95 Å². The number of carboxylic acids is 1. The molecule has 0 spiro atoms. The molecule has 0 aliphatic rings. The molecule has 0 aliphatic carbocycles. The van der Waals surface area contributed by atoms with Crippen molar-refractivity contribution in [1.82, 2.24) is 24.1 Å². The van der Waals surface area contributed by atoms with Gasteiger partial charge in [0.15, 0.2) is 11.3 Å². The molecule has 0 fully saturated rings. The third kappa shape index (κ3) is 1.61. The average Bonchev–Trinajstić information content (AvgIpc) is 2.91. The van der Waals surface area contributed by atoms with E-state index in [1.165, 1.54) is 4.52 Å².